The van der Waals surface area contributed by atoms with E-state index in [-0.39, 0.29) is 11.6 Å². The second kappa shape index (κ2) is 7.99. The number of ether oxygens (including phenoxy) is 1. The zero-order valence-electron chi connectivity index (χ0n) is 14.1. The SMILES string of the molecule is CC1CCCCC1(CNC(=O)OC(C)(C)C)NCCCN. The Kier molecular flexibility index (Phi) is 6.94. The highest BCUT2D eigenvalue weighted by Crippen LogP contribution is 2.33. The van der Waals surface area contributed by atoms with Crippen LogP contribution in [-0.4, -0.2) is 36.9 Å². The fourth-order valence-electron chi connectivity index (χ4n) is 2.98. The first-order valence-corrected chi connectivity index (χ1v) is 8.21. The fraction of sp³-hybridized carbons (Fsp3) is 0.938. The van der Waals surface area contributed by atoms with Crippen molar-refractivity contribution in [2.24, 2.45) is 11.7 Å². The quantitative estimate of drug-likeness (QED) is 0.658. The van der Waals surface area contributed by atoms with Crippen LogP contribution < -0.4 is 16.4 Å². The summed E-state index contributed by atoms with van der Waals surface area (Å²) >= 11 is 0. The normalized spacial score (nSPS) is 26.4. The van der Waals surface area contributed by atoms with Crippen LogP contribution in [0.1, 0.15) is 59.8 Å². The van der Waals surface area contributed by atoms with Gasteiger partial charge in [-0.2, -0.15) is 0 Å². The van der Waals surface area contributed by atoms with Crippen LogP contribution >= 0.6 is 0 Å². The van der Waals surface area contributed by atoms with Gasteiger partial charge in [0, 0.05) is 12.1 Å². The number of carbonyl (C=O) groups excluding carboxylic acids is 1. The summed E-state index contributed by atoms with van der Waals surface area (Å²) in [6, 6.07) is 0. The lowest BCUT2D eigenvalue weighted by Crippen LogP contribution is -2.59. The molecule has 0 radical (unpaired) electrons. The van der Waals surface area contributed by atoms with Crippen molar-refractivity contribution in [3.05, 3.63) is 0 Å². The first-order chi connectivity index (χ1) is 9.79. The van der Waals surface area contributed by atoms with Gasteiger partial charge in [-0.05, 0) is 59.0 Å². The Bertz CT molecular complexity index is 328. The Labute approximate surface area is 129 Å². The molecule has 5 nitrogen and oxygen atoms in total. The summed E-state index contributed by atoms with van der Waals surface area (Å²) in [5.74, 6) is 0.541. The summed E-state index contributed by atoms with van der Waals surface area (Å²) in [5, 5.41) is 6.61. The topological polar surface area (TPSA) is 76.4 Å². The van der Waals surface area contributed by atoms with Gasteiger partial charge in [-0.1, -0.05) is 19.8 Å². The monoisotopic (exact) mass is 299 g/mol. The van der Waals surface area contributed by atoms with E-state index in [4.69, 9.17) is 10.5 Å². The minimum atomic E-state index is -0.456. The zero-order valence-corrected chi connectivity index (χ0v) is 14.1. The van der Waals surface area contributed by atoms with Gasteiger partial charge in [-0.25, -0.2) is 4.79 Å². The van der Waals surface area contributed by atoms with Gasteiger partial charge in [0.15, 0.2) is 0 Å². The molecule has 0 heterocycles. The second-order valence-corrected chi connectivity index (χ2v) is 7.23. The average molecular weight is 299 g/mol. The van der Waals surface area contributed by atoms with E-state index >= 15 is 0 Å². The number of hydrogen-bond donors (Lipinski definition) is 3. The minimum absolute atomic E-state index is 0.0235. The third kappa shape index (κ3) is 6.22. The Balaban J connectivity index is 2.58. The molecule has 4 N–H and O–H groups in total. The molecule has 1 aliphatic rings. The first kappa shape index (κ1) is 18.2. The second-order valence-electron chi connectivity index (χ2n) is 7.23. The molecule has 0 aromatic carbocycles. The Morgan fingerprint density at radius 1 is 1.38 bits per heavy atom. The van der Waals surface area contributed by atoms with Crippen molar-refractivity contribution < 1.29 is 9.53 Å². The van der Waals surface area contributed by atoms with Crippen LogP contribution in [0.3, 0.4) is 0 Å². The maximum absolute atomic E-state index is 11.9. The standard InChI is InChI=1S/C16H33N3O2/c1-13-8-5-6-9-16(13,19-11-7-10-17)12-18-14(20)21-15(2,3)4/h13,19H,5-12,17H2,1-4H3,(H,18,20). The van der Waals surface area contributed by atoms with E-state index in [1.54, 1.807) is 0 Å². The summed E-state index contributed by atoms with van der Waals surface area (Å²) in [4.78, 5) is 11.9. The molecular weight excluding hydrogens is 266 g/mol. The molecule has 1 saturated carbocycles. The molecule has 1 aliphatic carbocycles. The van der Waals surface area contributed by atoms with E-state index in [0.717, 1.165) is 19.4 Å². The maximum Gasteiger partial charge on any atom is 0.407 e. The Morgan fingerprint density at radius 3 is 2.67 bits per heavy atom. The average Bonchev–Trinajstić information content (AvgIpc) is 2.38. The third-order valence-corrected chi connectivity index (χ3v) is 4.26. The maximum atomic E-state index is 11.9. The van der Waals surface area contributed by atoms with Crippen LogP contribution in [-0.2, 0) is 4.74 Å². The molecule has 124 valence electrons. The molecule has 0 saturated heterocycles. The van der Waals surface area contributed by atoms with E-state index in [1.807, 2.05) is 20.8 Å². The van der Waals surface area contributed by atoms with Gasteiger partial charge in [0.2, 0.25) is 0 Å². The number of alkyl carbamates (subject to hydrolysis) is 1. The van der Waals surface area contributed by atoms with E-state index in [0.29, 0.717) is 19.0 Å². The molecular formula is C16H33N3O2. The van der Waals surface area contributed by atoms with Crippen molar-refractivity contribution in [3.8, 4) is 0 Å². The predicted octanol–water partition coefficient (Wildman–Crippen LogP) is 2.40. The van der Waals surface area contributed by atoms with Crippen LogP contribution in [0.25, 0.3) is 0 Å². The van der Waals surface area contributed by atoms with Gasteiger partial charge < -0.3 is 21.1 Å². The molecule has 0 spiro atoms. The van der Waals surface area contributed by atoms with Crippen molar-refractivity contribution in [3.63, 3.8) is 0 Å². The molecule has 0 aromatic heterocycles. The molecule has 21 heavy (non-hydrogen) atoms. The van der Waals surface area contributed by atoms with Gasteiger partial charge in [-0.15, -0.1) is 0 Å². The number of hydrogen-bond acceptors (Lipinski definition) is 4. The van der Waals surface area contributed by atoms with Gasteiger partial charge in [0.25, 0.3) is 0 Å². The Morgan fingerprint density at radius 2 is 2.10 bits per heavy atom. The number of carbonyl (C=O) groups is 1. The predicted molar refractivity (Wildman–Crippen MR) is 86.3 cm³/mol. The van der Waals surface area contributed by atoms with Crippen LogP contribution in [0.4, 0.5) is 4.79 Å². The number of amides is 1. The molecule has 5 heteroatoms. The summed E-state index contributed by atoms with van der Waals surface area (Å²) in [5.41, 5.74) is 5.10. The molecule has 1 amide bonds. The highest BCUT2D eigenvalue weighted by atomic mass is 16.6. The Hall–Kier alpha value is -0.810. The zero-order chi connectivity index (χ0) is 15.9. The van der Waals surface area contributed by atoms with Gasteiger partial charge in [-0.3, -0.25) is 0 Å². The van der Waals surface area contributed by atoms with Crippen molar-refractivity contribution >= 4 is 6.09 Å². The van der Waals surface area contributed by atoms with E-state index in [9.17, 15) is 4.79 Å². The fourth-order valence-corrected chi connectivity index (χ4v) is 2.98. The highest BCUT2D eigenvalue weighted by Gasteiger charge is 2.38. The molecule has 0 aromatic rings. The molecule has 2 unspecified atom stereocenters. The summed E-state index contributed by atoms with van der Waals surface area (Å²) in [6.07, 6.45) is 5.39. The minimum Gasteiger partial charge on any atom is -0.444 e. The number of rotatable bonds is 6. The summed E-state index contributed by atoms with van der Waals surface area (Å²) < 4.78 is 5.34. The van der Waals surface area contributed by atoms with Crippen molar-refractivity contribution in [1.82, 2.24) is 10.6 Å². The first-order valence-electron chi connectivity index (χ1n) is 8.21. The number of nitrogens with two attached hydrogens (primary N) is 1. The van der Waals surface area contributed by atoms with E-state index in [2.05, 4.69) is 17.6 Å². The van der Waals surface area contributed by atoms with Gasteiger partial charge in [0.1, 0.15) is 5.60 Å². The molecule has 0 bridgehead atoms. The van der Waals surface area contributed by atoms with Crippen molar-refractivity contribution in [1.29, 1.82) is 0 Å². The van der Waals surface area contributed by atoms with Crippen LogP contribution in [0.5, 0.6) is 0 Å². The summed E-state index contributed by atoms with van der Waals surface area (Å²) in [6.45, 7) is 10.1. The molecule has 1 fully saturated rings. The molecule has 2 atom stereocenters. The smallest absolute Gasteiger partial charge is 0.407 e. The van der Waals surface area contributed by atoms with E-state index < -0.39 is 5.60 Å². The lowest BCUT2D eigenvalue weighted by atomic mass is 9.73. The van der Waals surface area contributed by atoms with Crippen LogP contribution in [0, 0.1) is 5.92 Å². The lowest BCUT2D eigenvalue weighted by molar-refractivity contribution is 0.0480. The number of nitrogens with one attached hydrogen (secondary N) is 2. The van der Waals surface area contributed by atoms with Crippen molar-refractivity contribution in [2.75, 3.05) is 19.6 Å². The molecule has 1 rings (SSSR count). The van der Waals surface area contributed by atoms with Gasteiger partial charge >= 0.3 is 6.09 Å². The largest absolute Gasteiger partial charge is 0.444 e. The van der Waals surface area contributed by atoms with Crippen LogP contribution in [0.15, 0.2) is 0 Å². The van der Waals surface area contributed by atoms with Gasteiger partial charge in [0.05, 0.1) is 0 Å². The lowest BCUT2D eigenvalue weighted by Gasteiger charge is -2.44. The van der Waals surface area contributed by atoms with E-state index in [1.165, 1.54) is 19.3 Å². The summed E-state index contributed by atoms with van der Waals surface area (Å²) in [7, 11) is 0. The third-order valence-electron chi connectivity index (χ3n) is 4.26. The highest BCUT2D eigenvalue weighted by molar-refractivity contribution is 5.67. The molecule has 0 aliphatic heterocycles. The van der Waals surface area contributed by atoms with Crippen LogP contribution in [0.2, 0.25) is 0 Å². The van der Waals surface area contributed by atoms with Crippen molar-refractivity contribution in [2.45, 2.75) is 70.9 Å².